The second-order valence-corrected chi connectivity index (χ2v) is 8.13. The minimum absolute atomic E-state index is 0.235. The number of amides is 2. The van der Waals surface area contributed by atoms with Crippen LogP contribution in [-0.4, -0.2) is 32.8 Å². The second kappa shape index (κ2) is 8.46. The van der Waals surface area contributed by atoms with E-state index in [2.05, 4.69) is 9.59 Å². The molecular formula is C18H19Cl2N3O2S. The van der Waals surface area contributed by atoms with E-state index in [4.69, 9.17) is 23.2 Å². The first-order valence-corrected chi connectivity index (χ1v) is 10.1. The highest BCUT2D eigenvalue weighted by Crippen LogP contribution is 2.28. The molecule has 1 aliphatic carbocycles. The maximum atomic E-state index is 13.2. The van der Waals surface area contributed by atoms with E-state index in [0.717, 1.165) is 37.2 Å². The molecule has 0 unspecified atom stereocenters. The summed E-state index contributed by atoms with van der Waals surface area (Å²) in [5.74, 6) is -0.499. The molecule has 8 heteroatoms. The van der Waals surface area contributed by atoms with Crippen LogP contribution in [0.3, 0.4) is 0 Å². The molecule has 1 saturated carbocycles. The summed E-state index contributed by atoms with van der Waals surface area (Å²) >= 11 is 13.2. The fourth-order valence-electron chi connectivity index (χ4n) is 3.24. The van der Waals surface area contributed by atoms with E-state index >= 15 is 0 Å². The maximum absolute atomic E-state index is 13.2. The molecule has 1 aromatic carbocycles. The fraction of sp³-hybridized carbons (Fsp3) is 0.444. The first-order chi connectivity index (χ1) is 12.5. The number of aromatic nitrogens is 2. The quantitative estimate of drug-likeness (QED) is 0.662. The van der Waals surface area contributed by atoms with Crippen molar-refractivity contribution in [3.8, 4) is 0 Å². The minimum atomic E-state index is -0.430. The largest absolute Gasteiger partial charge is 0.274 e. The number of rotatable bonds is 4. The summed E-state index contributed by atoms with van der Waals surface area (Å²) in [4.78, 5) is 27.9. The Labute approximate surface area is 166 Å². The van der Waals surface area contributed by atoms with Crippen LogP contribution >= 0.6 is 34.7 Å². The van der Waals surface area contributed by atoms with Crippen molar-refractivity contribution in [2.75, 3.05) is 6.54 Å². The summed E-state index contributed by atoms with van der Waals surface area (Å²) in [6.07, 6.45) is 5.48. The Morgan fingerprint density at radius 3 is 2.58 bits per heavy atom. The third-order valence-corrected chi connectivity index (χ3v) is 6.04. The van der Waals surface area contributed by atoms with Crippen molar-refractivity contribution in [2.45, 2.75) is 39.0 Å². The number of carbonyl (C=O) groups excluding carboxylic acids is 2. The number of nitrogens with zero attached hydrogens (tertiary/aromatic N) is 3. The third-order valence-electron chi connectivity index (χ3n) is 4.66. The van der Waals surface area contributed by atoms with Gasteiger partial charge in [-0.3, -0.25) is 14.5 Å². The molecule has 0 aliphatic heterocycles. The van der Waals surface area contributed by atoms with Crippen LogP contribution in [0.4, 0.5) is 0 Å². The number of imide groups is 1. The van der Waals surface area contributed by atoms with Crippen molar-refractivity contribution in [3.05, 3.63) is 44.4 Å². The molecule has 1 aromatic heterocycles. The van der Waals surface area contributed by atoms with E-state index in [1.807, 2.05) is 0 Å². The first-order valence-electron chi connectivity index (χ1n) is 8.57. The van der Waals surface area contributed by atoms with Crippen LogP contribution in [0.15, 0.2) is 18.2 Å². The lowest BCUT2D eigenvalue weighted by Gasteiger charge is -2.28. The van der Waals surface area contributed by atoms with Gasteiger partial charge in [0.25, 0.3) is 11.8 Å². The average molecular weight is 412 g/mol. The zero-order chi connectivity index (χ0) is 18.7. The highest BCUT2D eigenvalue weighted by molar-refractivity contribution is 7.08. The van der Waals surface area contributed by atoms with Crippen LogP contribution in [0.2, 0.25) is 10.0 Å². The molecule has 3 rings (SSSR count). The summed E-state index contributed by atoms with van der Waals surface area (Å²) < 4.78 is 3.82. The third kappa shape index (κ3) is 4.24. The van der Waals surface area contributed by atoms with Crippen LogP contribution in [-0.2, 0) is 0 Å². The Kier molecular flexibility index (Phi) is 6.27. The van der Waals surface area contributed by atoms with Crippen LogP contribution in [0.25, 0.3) is 0 Å². The molecule has 0 bridgehead atoms. The monoisotopic (exact) mass is 411 g/mol. The maximum Gasteiger partial charge on any atom is 0.274 e. The number of carbonyl (C=O) groups is 2. The highest BCUT2D eigenvalue weighted by Gasteiger charge is 2.31. The van der Waals surface area contributed by atoms with Crippen molar-refractivity contribution >= 4 is 46.5 Å². The molecule has 26 heavy (non-hydrogen) atoms. The molecule has 2 amide bonds. The number of benzene rings is 1. The van der Waals surface area contributed by atoms with Crippen LogP contribution in [0.1, 0.15) is 57.8 Å². The van der Waals surface area contributed by atoms with Gasteiger partial charge in [-0.15, -0.1) is 5.10 Å². The predicted octanol–water partition coefficient (Wildman–Crippen LogP) is 5.02. The van der Waals surface area contributed by atoms with E-state index in [1.165, 1.54) is 17.4 Å². The Morgan fingerprint density at radius 2 is 1.92 bits per heavy atom. The Hall–Kier alpha value is -1.50. The van der Waals surface area contributed by atoms with Crippen molar-refractivity contribution in [2.24, 2.45) is 5.92 Å². The van der Waals surface area contributed by atoms with Crippen molar-refractivity contribution in [1.82, 2.24) is 14.5 Å². The molecule has 138 valence electrons. The SMILES string of the molecule is Cc1nnsc1C(=O)N(CC1CCCCC1)C(=O)c1cc(Cl)ccc1Cl. The zero-order valence-corrected chi connectivity index (χ0v) is 16.7. The summed E-state index contributed by atoms with van der Waals surface area (Å²) in [6, 6.07) is 4.69. The predicted molar refractivity (Wildman–Crippen MR) is 103 cm³/mol. The fourth-order valence-corrected chi connectivity index (χ4v) is 4.22. The molecule has 1 heterocycles. The molecule has 0 N–H and O–H groups in total. The van der Waals surface area contributed by atoms with Gasteiger partial charge in [-0.1, -0.05) is 47.0 Å². The van der Waals surface area contributed by atoms with Crippen LogP contribution < -0.4 is 0 Å². The van der Waals surface area contributed by atoms with Crippen LogP contribution in [0, 0.1) is 12.8 Å². The summed E-state index contributed by atoms with van der Waals surface area (Å²) in [7, 11) is 0. The van der Waals surface area contributed by atoms with Crippen molar-refractivity contribution in [1.29, 1.82) is 0 Å². The Balaban J connectivity index is 1.93. The normalized spacial score (nSPS) is 15.0. The van der Waals surface area contributed by atoms with E-state index in [9.17, 15) is 9.59 Å². The molecule has 0 saturated heterocycles. The lowest BCUT2D eigenvalue weighted by Crippen LogP contribution is -2.41. The van der Waals surface area contributed by atoms with E-state index in [-0.39, 0.29) is 16.5 Å². The topological polar surface area (TPSA) is 63.2 Å². The Bertz CT molecular complexity index is 819. The minimum Gasteiger partial charge on any atom is -0.273 e. The van der Waals surface area contributed by atoms with Crippen LogP contribution in [0.5, 0.6) is 0 Å². The van der Waals surface area contributed by atoms with Crippen molar-refractivity contribution < 1.29 is 9.59 Å². The lowest BCUT2D eigenvalue weighted by atomic mass is 9.88. The summed E-state index contributed by atoms with van der Waals surface area (Å²) in [6.45, 7) is 2.09. The van der Waals surface area contributed by atoms with Gasteiger partial charge in [-0.05, 0) is 55.4 Å². The van der Waals surface area contributed by atoms with Gasteiger partial charge in [-0.2, -0.15) is 0 Å². The number of hydrogen-bond donors (Lipinski definition) is 0. The lowest BCUT2D eigenvalue weighted by molar-refractivity contribution is 0.0581. The van der Waals surface area contributed by atoms with Gasteiger partial charge in [-0.25, -0.2) is 0 Å². The van der Waals surface area contributed by atoms with Crippen molar-refractivity contribution in [3.63, 3.8) is 0 Å². The van der Waals surface area contributed by atoms with Gasteiger partial charge >= 0.3 is 0 Å². The molecule has 5 nitrogen and oxygen atoms in total. The molecule has 1 fully saturated rings. The molecule has 2 aromatic rings. The molecule has 1 aliphatic rings. The molecular weight excluding hydrogens is 393 g/mol. The number of aryl methyl sites for hydroxylation is 1. The second-order valence-electron chi connectivity index (χ2n) is 6.54. The van der Waals surface area contributed by atoms with E-state index in [1.54, 1.807) is 19.1 Å². The van der Waals surface area contributed by atoms with Gasteiger partial charge < -0.3 is 0 Å². The zero-order valence-electron chi connectivity index (χ0n) is 14.4. The van der Waals surface area contributed by atoms with Gasteiger partial charge in [0.2, 0.25) is 0 Å². The average Bonchev–Trinajstić information content (AvgIpc) is 3.07. The Morgan fingerprint density at radius 1 is 1.19 bits per heavy atom. The summed E-state index contributed by atoms with van der Waals surface area (Å²) in [5, 5.41) is 4.57. The van der Waals surface area contributed by atoms with Gasteiger partial charge in [0.15, 0.2) is 0 Å². The number of halogens is 2. The van der Waals surface area contributed by atoms with E-state index < -0.39 is 5.91 Å². The summed E-state index contributed by atoms with van der Waals surface area (Å²) in [5.41, 5.74) is 0.761. The van der Waals surface area contributed by atoms with Gasteiger partial charge in [0.1, 0.15) is 4.88 Å². The number of hydrogen-bond acceptors (Lipinski definition) is 5. The highest BCUT2D eigenvalue weighted by atomic mass is 35.5. The smallest absolute Gasteiger partial charge is 0.273 e. The van der Waals surface area contributed by atoms with E-state index in [0.29, 0.717) is 28.1 Å². The van der Waals surface area contributed by atoms with Gasteiger partial charge in [0.05, 0.1) is 16.3 Å². The molecule has 0 radical (unpaired) electrons. The standard InChI is InChI=1S/C18H19Cl2N3O2S/c1-11-16(26-22-21-11)18(25)23(10-12-5-3-2-4-6-12)17(24)14-9-13(19)7-8-15(14)20/h7-9,12H,2-6,10H2,1H3. The molecule has 0 spiro atoms. The molecule has 0 atom stereocenters. The first kappa shape index (κ1) is 19.3. The van der Waals surface area contributed by atoms with Gasteiger partial charge in [0, 0.05) is 11.6 Å².